The number of anilines is 1. The van der Waals surface area contributed by atoms with E-state index in [9.17, 15) is 12.8 Å². The standard InChI is InChI=1S/C12H17BrFN3O2S/c13-9-7-10(14)11(15)8-12(9)20(18,19)16-3-6-17-4-1-2-5-17/h7-8,16H,1-6,15H2. The lowest BCUT2D eigenvalue weighted by molar-refractivity contribution is 0.344. The molecule has 0 spiro atoms. The minimum atomic E-state index is -3.69. The van der Waals surface area contributed by atoms with Gasteiger partial charge in [0.05, 0.1) is 10.6 Å². The van der Waals surface area contributed by atoms with Crippen LogP contribution in [0.15, 0.2) is 21.5 Å². The molecule has 8 heteroatoms. The lowest BCUT2D eigenvalue weighted by Crippen LogP contribution is -2.33. The number of halogens is 2. The van der Waals surface area contributed by atoms with Gasteiger partial charge in [-0.25, -0.2) is 17.5 Å². The van der Waals surface area contributed by atoms with Crippen LogP contribution in [0.1, 0.15) is 12.8 Å². The molecule has 2 rings (SSSR count). The molecular weight excluding hydrogens is 349 g/mol. The van der Waals surface area contributed by atoms with Gasteiger partial charge < -0.3 is 10.6 Å². The van der Waals surface area contributed by atoms with E-state index in [-0.39, 0.29) is 15.1 Å². The number of sulfonamides is 1. The van der Waals surface area contributed by atoms with E-state index in [0.29, 0.717) is 13.1 Å². The fourth-order valence-electron chi connectivity index (χ4n) is 2.17. The van der Waals surface area contributed by atoms with Crippen molar-refractivity contribution in [2.24, 2.45) is 0 Å². The van der Waals surface area contributed by atoms with E-state index >= 15 is 0 Å². The van der Waals surface area contributed by atoms with Gasteiger partial charge in [-0.1, -0.05) is 0 Å². The third kappa shape index (κ3) is 3.69. The van der Waals surface area contributed by atoms with Crippen molar-refractivity contribution >= 4 is 31.6 Å². The van der Waals surface area contributed by atoms with Crippen molar-refractivity contribution in [1.29, 1.82) is 0 Å². The molecule has 1 aliphatic rings. The Balaban J connectivity index is 2.04. The summed E-state index contributed by atoms with van der Waals surface area (Å²) in [5.74, 6) is -0.645. The Morgan fingerprint density at radius 3 is 2.65 bits per heavy atom. The molecule has 1 heterocycles. The Kier molecular flexibility index (Phi) is 5.00. The largest absolute Gasteiger partial charge is 0.396 e. The SMILES string of the molecule is Nc1cc(S(=O)(=O)NCCN2CCCC2)c(Br)cc1F. The second kappa shape index (κ2) is 6.38. The minimum absolute atomic E-state index is 0.0437. The number of benzene rings is 1. The van der Waals surface area contributed by atoms with Gasteiger partial charge in [-0.2, -0.15) is 0 Å². The molecule has 0 atom stereocenters. The van der Waals surface area contributed by atoms with Crippen molar-refractivity contribution in [1.82, 2.24) is 9.62 Å². The number of nitrogens with zero attached hydrogens (tertiary/aromatic N) is 1. The van der Waals surface area contributed by atoms with Crippen molar-refractivity contribution in [3.05, 3.63) is 22.4 Å². The lowest BCUT2D eigenvalue weighted by Gasteiger charge is -2.15. The maximum Gasteiger partial charge on any atom is 0.241 e. The summed E-state index contributed by atoms with van der Waals surface area (Å²) in [5, 5.41) is 0. The van der Waals surface area contributed by atoms with E-state index in [1.165, 1.54) is 0 Å². The first-order chi connectivity index (χ1) is 9.40. The minimum Gasteiger partial charge on any atom is -0.396 e. The highest BCUT2D eigenvalue weighted by atomic mass is 79.9. The van der Waals surface area contributed by atoms with Crippen molar-refractivity contribution in [3.63, 3.8) is 0 Å². The van der Waals surface area contributed by atoms with Crippen LogP contribution in [0.25, 0.3) is 0 Å². The van der Waals surface area contributed by atoms with Crippen LogP contribution < -0.4 is 10.5 Å². The molecule has 0 aromatic heterocycles. The van der Waals surface area contributed by atoms with Crippen LogP contribution in [0.2, 0.25) is 0 Å². The summed E-state index contributed by atoms with van der Waals surface area (Å²) < 4.78 is 40.2. The number of nitrogens with two attached hydrogens (primary N) is 1. The quantitative estimate of drug-likeness (QED) is 0.776. The molecule has 0 saturated carbocycles. The average molecular weight is 366 g/mol. The van der Waals surface area contributed by atoms with Crippen LogP contribution in [0.5, 0.6) is 0 Å². The molecule has 112 valence electrons. The predicted octanol–water partition coefficient (Wildman–Crippen LogP) is 1.54. The zero-order valence-electron chi connectivity index (χ0n) is 10.9. The van der Waals surface area contributed by atoms with Gasteiger partial charge in [0.15, 0.2) is 0 Å². The monoisotopic (exact) mass is 365 g/mol. The zero-order valence-corrected chi connectivity index (χ0v) is 13.3. The summed E-state index contributed by atoms with van der Waals surface area (Å²) in [6.45, 7) is 3.02. The highest BCUT2D eigenvalue weighted by Gasteiger charge is 2.20. The highest BCUT2D eigenvalue weighted by Crippen LogP contribution is 2.26. The number of rotatable bonds is 5. The topological polar surface area (TPSA) is 75.4 Å². The molecule has 0 bridgehead atoms. The molecule has 1 fully saturated rings. The first kappa shape index (κ1) is 15.7. The Bertz CT molecular complexity index is 589. The number of likely N-dealkylation sites (tertiary alicyclic amines) is 1. The van der Waals surface area contributed by atoms with E-state index in [0.717, 1.165) is 38.1 Å². The van der Waals surface area contributed by atoms with Gasteiger partial charge in [0, 0.05) is 17.6 Å². The Labute approximate surface area is 126 Å². The maximum absolute atomic E-state index is 13.2. The molecule has 0 radical (unpaired) electrons. The summed E-state index contributed by atoms with van der Waals surface area (Å²) in [6, 6.07) is 2.18. The van der Waals surface area contributed by atoms with E-state index in [1.54, 1.807) is 0 Å². The number of hydrogen-bond donors (Lipinski definition) is 2. The third-order valence-electron chi connectivity index (χ3n) is 3.26. The van der Waals surface area contributed by atoms with Crippen LogP contribution in [0, 0.1) is 5.82 Å². The summed E-state index contributed by atoms with van der Waals surface area (Å²) in [7, 11) is -3.69. The molecule has 1 aromatic rings. The van der Waals surface area contributed by atoms with Crippen molar-refractivity contribution < 1.29 is 12.8 Å². The van der Waals surface area contributed by atoms with Gasteiger partial charge in [-0.15, -0.1) is 0 Å². The molecular formula is C12H17BrFN3O2S. The predicted molar refractivity (Wildman–Crippen MR) is 79.4 cm³/mol. The molecule has 5 nitrogen and oxygen atoms in total. The molecule has 1 aromatic carbocycles. The smallest absolute Gasteiger partial charge is 0.241 e. The summed E-state index contributed by atoms with van der Waals surface area (Å²) in [6.07, 6.45) is 2.32. The second-order valence-electron chi connectivity index (χ2n) is 4.75. The Morgan fingerprint density at radius 2 is 2.00 bits per heavy atom. The van der Waals surface area contributed by atoms with Crippen LogP contribution in [0.3, 0.4) is 0 Å². The highest BCUT2D eigenvalue weighted by molar-refractivity contribution is 9.10. The second-order valence-corrected chi connectivity index (χ2v) is 7.34. The first-order valence-electron chi connectivity index (χ1n) is 6.37. The van der Waals surface area contributed by atoms with Crippen molar-refractivity contribution in [2.45, 2.75) is 17.7 Å². The van der Waals surface area contributed by atoms with E-state index < -0.39 is 15.8 Å². The van der Waals surface area contributed by atoms with Gasteiger partial charge >= 0.3 is 0 Å². The number of hydrogen-bond acceptors (Lipinski definition) is 4. The van der Waals surface area contributed by atoms with E-state index in [1.807, 2.05) is 0 Å². The van der Waals surface area contributed by atoms with Crippen molar-refractivity contribution in [2.75, 3.05) is 31.9 Å². The van der Waals surface area contributed by atoms with Gasteiger partial charge in [0.1, 0.15) is 5.82 Å². The van der Waals surface area contributed by atoms with Crippen LogP contribution >= 0.6 is 15.9 Å². The number of nitrogens with one attached hydrogen (secondary N) is 1. The van der Waals surface area contributed by atoms with E-state index in [2.05, 4.69) is 25.6 Å². The summed E-state index contributed by atoms with van der Waals surface area (Å²) in [5.41, 5.74) is 5.23. The fraction of sp³-hybridized carbons (Fsp3) is 0.500. The summed E-state index contributed by atoms with van der Waals surface area (Å²) >= 11 is 3.05. The fourth-order valence-corrected chi connectivity index (χ4v) is 4.24. The number of nitrogen functional groups attached to an aromatic ring is 1. The van der Waals surface area contributed by atoms with Crippen LogP contribution in [-0.4, -0.2) is 39.5 Å². The maximum atomic E-state index is 13.2. The van der Waals surface area contributed by atoms with Crippen molar-refractivity contribution in [3.8, 4) is 0 Å². The zero-order chi connectivity index (χ0) is 14.8. The molecule has 20 heavy (non-hydrogen) atoms. The molecule has 0 aliphatic carbocycles. The van der Waals surface area contributed by atoms with Crippen LogP contribution in [-0.2, 0) is 10.0 Å². The Morgan fingerprint density at radius 1 is 1.35 bits per heavy atom. The van der Waals surface area contributed by atoms with Crippen LogP contribution in [0.4, 0.5) is 10.1 Å². The molecule has 0 amide bonds. The molecule has 0 unspecified atom stereocenters. The third-order valence-corrected chi connectivity index (χ3v) is 5.68. The molecule has 3 N–H and O–H groups in total. The first-order valence-corrected chi connectivity index (χ1v) is 8.64. The van der Waals surface area contributed by atoms with Gasteiger partial charge in [-0.3, -0.25) is 0 Å². The average Bonchev–Trinajstić information content (AvgIpc) is 2.86. The lowest BCUT2D eigenvalue weighted by atomic mass is 10.3. The molecule has 1 saturated heterocycles. The van der Waals surface area contributed by atoms with Gasteiger partial charge in [-0.05, 0) is 54.0 Å². The van der Waals surface area contributed by atoms with Gasteiger partial charge in [0.2, 0.25) is 10.0 Å². The summed E-state index contributed by atoms with van der Waals surface area (Å²) in [4.78, 5) is 2.16. The normalized spacial score (nSPS) is 16.7. The van der Waals surface area contributed by atoms with Gasteiger partial charge in [0.25, 0.3) is 0 Å². The van der Waals surface area contributed by atoms with E-state index in [4.69, 9.17) is 5.73 Å². The Hall–Kier alpha value is -0.700. The molecule has 1 aliphatic heterocycles.